The van der Waals surface area contributed by atoms with Gasteiger partial charge in [0.2, 0.25) is 5.95 Å². The molecule has 0 fully saturated rings. The van der Waals surface area contributed by atoms with Crippen molar-refractivity contribution >= 4 is 34.1 Å². The second-order valence-corrected chi connectivity index (χ2v) is 5.74. The van der Waals surface area contributed by atoms with Gasteiger partial charge in [0.05, 0.1) is 11.6 Å². The van der Waals surface area contributed by atoms with Crippen molar-refractivity contribution in [1.82, 2.24) is 20.2 Å². The van der Waals surface area contributed by atoms with Crippen LogP contribution in [0.3, 0.4) is 0 Å². The molecule has 6 nitrogen and oxygen atoms in total. The number of aromatic nitrogens is 4. The Hall–Kier alpha value is -2.15. The lowest BCUT2D eigenvalue weighted by Crippen LogP contribution is -2.10. The highest BCUT2D eigenvalue weighted by Gasteiger charge is 2.09. The Bertz CT molecular complexity index is 691. The molecule has 0 aliphatic carbocycles. The number of nitrogens with one attached hydrogen (secondary N) is 3. The zero-order valence-electron chi connectivity index (χ0n) is 11.9. The summed E-state index contributed by atoms with van der Waals surface area (Å²) in [7, 11) is 0. The summed E-state index contributed by atoms with van der Waals surface area (Å²) in [5.41, 5.74) is 0.752. The van der Waals surface area contributed by atoms with Crippen molar-refractivity contribution in [2.75, 3.05) is 23.7 Å². The van der Waals surface area contributed by atoms with E-state index in [1.165, 1.54) is 4.88 Å². The highest BCUT2D eigenvalue weighted by molar-refractivity contribution is 7.09. The molecule has 0 aliphatic rings. The fraction of sp³-hybridized carbons (Fsp3) is 0.357. The minimum Gasteiger partial charge on any atom is -0.369 e. The first-order valence-corrected chi connectivity index (χ1v) is 7.96. The standard InChI is InChI=1S/C14H18N6S/c1-2-6-16-14-18-12(11-9-17-20-13(11)19-14)15-7-5-10-4-3-8-21-10/h3-4,8-9H,2,5-7H2,1H3,(H3,15,16,17,18,19,20). The van der Waals surface area contributed by atoms with E-state index in [1.54, 1.807) is 17.5 Å². The summed E-state index contributed by atoms with van der Waals surface area (Å²) in [6.45, 7) is 3.81. The molecule has 0 radical (unpaired) electrons. The molecule has 0 atom stereocenters. The number of hydrogen-bond donors (Lipinski definition) is 3. The molecule has 0 amide bonds. The smallest absolute Gasteiger partial charge is 0.226 e. The number of thiophene rings is 1. The maximum atomic E-state index is 4.54. The van der Waals surface area contributed by atoms with Crippen molar-refractivity contribution in [1.29, 1.82) is 0 Å². The molecule has 0 saturated heterocycles. The van der Waals surface area contributed by atoms with Gasteiger partial charge in [0.15, 0.2) is 5.65 Å². The Labute approximate surface area is 127 Å². The van der Waals surface area contributed by atoms with Gasteiger partial charge in [0, 0.05) is 18.0 Å². The molecule has 0 aliphatic heterocycles. The predicted octanol–water partition coefficient (Wildman–Crippen LogP) is 2.89. The van der Waals surface area contributed by atoms with Crippen LogP contribution in [-0.4, -0.2) is 33.3 Å². The minimum absolute atomic E-state index is 0.632. The third-order valence-corrected chi connectivity index (χ3v) is 4.02. The zero-order chi connectivity index (χ0) is 14.5. The summed E-state index contributed by atoms with van der Waals surface area (Å²) in [6, 6.07) is 4.22. The number of H-pyrrole nitrogens is 1. The molecule has 3 N–H and O–H groups in total. The van der Waals surface area contributed by atoms with Crippen LogP contribution in [0.5, 0.6) is 0 Å². The third kappa shape index (κ3) is 3.30. The van der Waals surface area contributed by atoms with Gasteiger partial charge in [0.25, 0.3) is 0 Å². The lowest BCUT2D eigenvalue weighted by Gasteiger charge is -2.08. The van der Waals surface area contributed by atoms with Gasteiger partial charge in [-0.1, -0.05) is 13.0 Å². The molecule has 3 aromatic rings. The number of rotatable bonds is 7. The summed E-state index contributed by atoms with van der Waals surface area (Å²) < 4.78 is 0. The van der Waals surface area contributed by atoms with Crippen LogP contribution in [0.4, 0.5) is 11.8 Å². The Morgan fingerprint density at radius 1 is 1.24 bits per heavy atom. The van der Waals surface area contributed by atoms with Crippen LogP contribution in [0.2, 0.25) is 0 Å². The molecular weight excluding hydrogens is 284 g/mol. The van der Waals surface area contributed by atoms with Crippen LogP contribution < -0.4 is 10.6 Å². The molecule has 21 heavy (non-hydrogen) atoms. The topological polar surface area (TPSA) is 78.5 Å². The van der Waals surface area contributed by atoms with Gasteiger partial charge in [-0.2, -0.15) is 15.1 Å². The molecule has 3 aromatic heterocycles. The van der Waals surface area contributed by atoms with Crippen LogP contribution >= 0.6 is 11.3 Å². The molecule has 0 spiro atoms. The van der Waals surface area contributed by atoms with Crippen molar-refractivity contribution in [2.24, 2.45) is 0 Å². The second-order valence-electron chi connectivity index (χ2n) is 4.71. The van der Waals surface area contributed by atoms with Gasteiger partial charge in [-0.05, 0) is 24.3 Å². The fourth-order valence-corrected chi connectivity index (χ4v) is 2.75. The lowest BCUT2D eigenvalue weighted by atomic mass is 10.3. The highest BCUT2D eigenvalue weighted by Crippen LogP contribution is 2.20. The van der Waals surface area contributed by atoms with E-state index in [1.807, 2.05) is 0 Å². The molecule has 0 unspecified atom stereocenters. The van der Waals surface area contributed by atoms with Crippen LogP contribution in [0.25, 0.3) is 11.0 Å². The largest absolute Gasteiger partial charge is 0.369 e. The molecule has 0 saturated carbocycles. The quantitative estimate of drug-likeness (QED) is 0.625. The van der Waals surface area contributed by atoms with Crippen LogP contribution in [0, 0.1) is 0 Å². The van der Waals surface area contributed by atoms with E-state index in [0.29, 0.717) is 5.95 Å². The number of hydrogen-bond acceptors (Lipinski definition) is 6. The van der Waals surface area contributed by atoms with E-state index in [4.69, 9.17) is 0 Å². The predicted molar refractivity (Wildman–Crippen MR) is 87.0 cm³/mol. The SMILES string of the molecule is CCCNc1nc(NCCc2cccs2)c2cn[nH]c2n1. The Morgan fingerprint density at radius 3 is 3.00 bits per heavy atom. The normalized spacial score (nSPS) is 10.9. The summed E-state index contributed by atoms with van der Waals surface area (Å²) in [6.07, 6.45) is 3.77. The number of nitrogens with zero attached hydrogens (tertiary/aromatic N) is 3. The minimum atomic E-state index is 0.632. The van der Waals surface area contributed by atoms with E-state index >= 15 is 0 Å². The van der Waals surface area contributed by atoms with Crippen molar-refractivity contribution in [3.63, 3.8) is 0 Å². The summed E-state index contributed by atoms with van der Waals surface area (Å²) in [4.78, 5) is 10.3. The lowest BCUT2D eigenvalue weighted by molar-refractivity contribution is 0.951. The van der Waals surface area contributed by atoms with Gasteiger partial charge in [-0.25, -0.2) is 0 Å². The van der Waals surface area contributed by atoms with Crippen LogP contribution in [0.15, 0.2) is 23.7 Å². The molecule has 110 valence electrons. The van der Waals surface area contributed by atoms with Crippen LogP contribution in [-0.2, 0) is 6.42 Å². The first-order chi connectivity index (χ1) is 10.4. The molecule has 3 heterocycles. The van der Waals surface area contributed by atoms with E-state index in [9.17, 15) is 0 Å². The first kappa shape index (κ1) is 13.8. The summed E-state index contributed by atoms with van der Waals surface area (Å²) >= 11 is 1.77. The second kappa shape index (κ2) is 6.53. The van der Waals surface area contributed by atoms with E-state index in [-0.39, 0.29) is 0 Å². The van der Waals surface area contributed by atoms with Gasteiger partial charge < -0.3 is 10.6 Å². The third-order valence-electron chi connectivity index (χ3n) is 3.09. The van der Waals surface area contributed by atoms with Crippen molar-refractivity contribution in [3.05, 3.63) is 28.6 Å². The van der Waals surface area contributed by atoms with Gasteiger partial charge in [-0.3, -0.25) is 5.10 Å². The van der Waals surface area contributed by atoms with Gasteiger partial charge in [-0.15, -0.1) is 11.3 Å². The average molecular weight is 302 g/mol. The highest BCUT2D eigenvalue weighted by atomic mass is 32.1. The monoisotopic (exact) mass is 302 g/mol. The molecule has 3 rings (SSSR count). The first-order valence-electron chi connectivity index (χ1n) is 7.08. The Morgan fingerprint density at radius 2 is 2.19 bits per heavy atom. The van der Waals surface area contributed by atoms with E-state index < -0.39 is 0 Å². The maximum absolute atomic E-state index is 4.54. The number of fused-ring (bicyclic) bond motifs is 1. The summed E-state index contributed by atoms with van der Waals surface area (Å²) in [5.74, 6) is 1.45. The van der Waals surface area contributed by atoms with E-state index in [0.717, 1.165) is 42.8 Å². The average Bonchev–Trinajstić information content (AvgIpc) is 3.15. The Kier molecular flexibility index (Phi) is 4.30. The van der Waals surface area contributed by atoms with Gasteiger partial charge >= 0.3 is 0 Å². The van der Waals surface area contributed by atoms with Crippen LogP contribution in [0.1, 0.15) is 18.2 Å². The molecule has 7 heteroatoms. The molecule has 0 bridgehead atoms. The van der Waals surface area contributed by atoms with Crippen molar-refractivity contribution in [2.45, 2.75) is 19.8 Å². The van der Waals surface area contributed by atoms with Crippen molar-refractivity contribution in [3.8, 4) is 0 Å². The molecular formula is C14H18N6S. The Balaban J connectivity index is 1.74. The number of aromatic amines is 1. The molecule has 0 aromatic carbocycles. The maximum Gasteiger partial charge on any atom is 0.226 e. The van der Waals surface area contributed by atoms with Gasteiger partial charge in [0.1, 0.15) is 5.82 Å². The fourth-order valence-electron chi connectivity index (χ4n) is 2.04. The number of anilines is 2. The summed E-state index contributed by atoms with van der Waals surface area (Å²) in [5, 5.41) is 16.6. The zero-order valence-corrected chi connectivity index (χ0v) is 12.7. The van der Waals surface area contributed by atoms with E-state index in [2.05, 4.69) is 55.2 Å². The van der Waals surface area contributed by atoms with Crippen molar-refractivity contribution < 1.29 is 0 Å².